The van der Waals surface area contributed by atoms with Gasteiger partial charge in [-0.1, -0.05) is 0 Å². The molecule has 1 aliphatic heterocycles. The first-order valence-corrected chi connectivity index (χ1v) is 6.43. The molecule has 1 aromatic rings. The molecule has 0 amide bonds. The third-order valence-electron chi connectivity index (χ3n) is 3.20. The number of hydrogen-bond acceptors (Lipinski definition) is 2. The Kier molecular flexibility index (Phi) is 5.98. The van der Waals surface area contributed by atoms with Gasteiger partial charge in [-0.2, -0.15) is 0 Å². The maximum atomic E-state index is 13.8. The quantitative estimate of drug-likeness (QED) is 0.851. The summed E-state index contributed by atoms with van der Waals surface area (Å²) in [5.41, 5.74) is 0.149. The third-order valence-corrected chi connectivity index (χ3v) is 3.81. The Bertz CT molecular complexity index is 417. The Morgan fingerprint density at radius 2 is 2.17 bits per heavy atom. The molecule has 0 bridgehead atoms. The summed E-state index contributed by atoms with van der Waals surface area (Å²) in [5.74, 6) is -0.962. The molecule has 0 spiro atoms. The Morgan fingerprint density at radius 3 is 2.78 bits per heavy atom. The maximum absolute atomic E-state index is 13.8. The van der Waals surface area contributed by atoms with Gasteiger partial charge in [0.2, 0.25) is 0 Å². The van der Waals surface area contributed by atoms with Gasteiger partial charge in [0.15, 0.2) is 0 Å². The molecule has 1 saturated heterocycles. The van der Waals surface area contributed by atoms with E-state index in [9.17, 15) is 8.78 Å². The highest BCUT2D eigenvalue weighted by Gasteiger charge is 2.23. The Labute approximate surface area is 120 Å². The van der Waals surface area contributed by atoms with Crippen molar-refractivity contribution in [1.82, 2.24) is 10.2 Å². The van der Waals surface area contributed by atoms with Crippen molar-refractivity contribution in [2.24, 2.45) is 0 Å². The van der Waals surface area contributed by atoms with Gasteiger partial charge in [-0.05, 0) is 41.5 Å². The van der Waals surface area contributed by atoms with Crippen LogP contribution in [0, 0.1) is 11.6 Å². The first kappa shape index (κ1) is 15.8. The minimum absolute atomic E-state index is 0. The van der Waals surface area contributed by atoms with Gasteiger partial charge in [0, 0.05) is 31.2 Å². The van der Waals surface area contributed by atoms with Crippen molar-refractivity contribution in [2.45, 2.75) is 19.0 Å². The fourth-order valence-corrected chi connectivity index (χ4v) is 2.52. The number of nitrogens with one attached hydrogen (secondary N) is 1. The summed E-state index contributed by atoms with van der Waals surface area (Å²) in [4.78, 5) is 2.06. The molecule has 1 unspecified atom stereocenters. The van der Waals surface area contributed by atoms with Crippen LogP contribution in [0.3, 0.4) is 0 Å². The lowest BCUT2D eigenvalue weighted by Crippen LogP contribution is -2.29. The molecule has 0 saturated carbocycles. The summed E-state index contributed by atoms with van der Waals surface area (Å²) < 4.78 is 27.6. The van der Waals surface area contributed by atoms with E-state index in [1.165, 1.54) is 12.1 Å². The highest BCUT2D eigenvalue weighted by molar-refractivity contribution is 9.10. The Balaban J connectivity index is 0.00000162. The van der Waals surface area contributed by atoms with Crippen molar-refractivity contribution in [3.63, 3.8) is 0 Å². The van der Waals surface area contributed by atoms with Crippen molar-refractivity contribution >= 4 is 28.3 Å². The van der Waals surface area contributed by atoms with E-state index < -0.39 is 11.6 Å². The minimum Gasteiger partial charge on any atom is -0.316 e. The molecule has 2 nitrogen and oxygen atoms in total. The number of halogens is 4. The van der Waals surface area contributed by atoms with Crippen LogP contribution >= 0.6 is 28.3 Å². The van der Waals surface area contributed by atoms with Gasteiger partial charge < -0.3 is 5.32 Å². The van der Waals surface area contributed by atoms with E-state index in [-0.39, 0.29) is 18.0 Å². The van der Waals surface area contributed by atoms with E-state index in [0.717, 1.165) is 19.5 Å². The molecule has 1 N–H and O–H groups in total. The maximum Gasteiger partial charge on any atom is 0.144 e. The average molecular weight is 342 g/mol. The van der Waals surface area contributed by atoms with Crippen LogP contribution in [-0.4, -0.2) is 31.1 Å². The lowest BCUT2D eigenvalue weighted by molar-refractivity contribution is 0.310. The summed E-state index contributed by atoms with van der Waals surface area (Å²) in [5, 5.41) is 3.18. The molecule has 0 aliphatic carbocycles. The summed E-state index contributed by atoms with van der Waals surface area (Å²) in [6.07, 6.45) is 1.02. The van der Waals surface area contributed by atoms with Gasteiger partial charge in [-0.25, -0.2) is 8.78 Å². The van der Waals surface area contributed by atoms with Gasteiger partial charge in [-0.3, -0.25) is 4.90 Å². The lowest BCUT2D eigenvalue weighted by Gasteiger charge is -2.17. The molecular weight excluding hydrogens is 325 g/mol. The first-order valence-electron chi connectivity index (χ1n) is 5.64. The standard InChI is InChI=1S/C12H15BrF2N2.ClH/c1-16-8-4-5-17(6-8)7-9-11(14)3-2-10(13)12(9)15;/h2-3,8,16H,4-7H2,1H3;1H. The van der Waals surface area contributed by atoms with E-state index in [4.69, 9.17) is 0 Å². The fraction of sp³-hybridized carbons (Fsp3) is 0.500. The predicted molar refractivity (Wildman–Crippen MR) is 74.0 cm³/mol. The van der Waals surface area contributed by atoms with Crippen molar-refractivity contribution in [2.75, 3.05) is 20.1 Å². The summed E-state index contributed by atoms with van der Waals surface area (Å²) >= 11 is 3.08. The van der Waals surface area contributed by atoms with Crippen LogP contribution in [0.2, 0.25) is 0 Å². The van der Waals surface area contributed by atoms with Crippen LogP contribution < -0.4 is 5.32 Å². The molecule has 6 heteroatoms. The number of hydrogen-bond donors (Lipinski definition) is 1. The van der Waals surface area contributed by atoms with Crippen molar-refractivity contribution in [1.29, 1.82) is 0 Å². The molecule has 1 heterocycles. The summed E-state index contributed by atoms with van der Waals surface area (Å²) in [7, 11) is 1.91. The molecule has 0 radical (unpaired) electrons. The zero-order valence-corrected chi connectivity index (χ0v) is 12.5. The smallest absolute Gasteiger partial charge is 0.144 e. The van der Waals surface area contributed by atoms with E-state index >= 15 is 0 Å². The van der Waals surface area contributed by atoms with Crippen LogP contribution in [0.1, 0.15) is 12.0 Å². The Hall–Kier alpha value is -0.230. The number of rotatable bonds is 3. The Morgan fingerprint density at radius 1 is 1.44 bits per heavy atom. The second-order valence-electron chi connectivity index (χ2n) is 4.33. The van der Waals surface area contributed by atoms with Gasteiger partial charge in [0.05, 0.1) is 4.47 Å². The summed E-state index contributed by atoms with van der Waals surface area (Å²) in [6, 6.07) is 3.12. The van der Waals surface area contributed by atoms with Gasteiger partial charge in [-0.15, -0.1) is 12.4 Å². The van der Waals surface area contributed by atoms with Gasteiger partial charge in [0.1, 0.15) is 11.6 Å². The number of benzene rings is 1. The minimum atomic E-state index is -0.488. The molecule has 102 valence electrons. The number of nitrogens with zero attached hydrogens (tertiary/aromatic N) is 1. The van der Waals surface area contributed by atoms with Crippen LogP contribution in [0.25, 0.3) is 0 Å². The van der Waals surface area contributed by atoms with Crippen molar-refractivity contribution in [3.05, 3.63) is 33.8 Å². The molecule has 18 heavy (non-hydrogen) atoms. The van der Waals surface area contributed by atoms with Crippen LogP contribution in [-0.2, 0) is 6.54 Å². The fourth-order valence-electron chi connectivity index (χ4n) is 2.15. The molecule has 1 atom stereocenters. The monoisotopic (exact) mass is 340 g/mol. The molecule has 2 rings (SSSR count). The normalized spacial score (nSPS) is 19.9. The van der Waals surface area contributed by atoms with E-state index in [1.54, 1.807) is 0 Å². The van der Waals surface area contributed by atoms with Crippen LogP contribution in [0.15, 0.2) is 16.6 Å². The highest BCUT2D eigenvalue weighted by atomic mass is 79.9. The number of likely N-dealkylation sites (tertiary alicyclic amines) is 1. The molecular formula is C12H16BrClF2N2. The van der Waals surface area contributed by atoms with E-state index in [1.807, 2.05) is 7.05 Å². The molecule has 1 aliphatic rings. The SMILES string of the molecule is CNC1CCN(Cc2c(F)ccc(Br)c2F)C1.Cl. The molecule has 1 aromatic carbocycles. The average Bonchev–Trinajstić information content (AvgIpc) is 2.77. The second-order valence-corrected chi connectivity index (χ2v) is 5.19. The zero-order valence-electron chi connectivity index (χ0n) is 10.0. The van der Waals surface area contributed by atoms with Crippen LogP contribution in [0.5, 0.6) is 0 Å². The lowest BCUT2D eigenvalue weighted by atomic mass is 10.2. The topological polar surface area (TPSA) is 15.3 Å². The van der Waals surface area contributed by atoms with E-state index in [0.29, 0.717) is 17.1 Å². The predicted octanol–water partition coefficient (Wildman–Crippen LogP) is 2.94. The van der Waals surface area contributed by atoms with Gasteiger partial charge >= 0.3 is 0 Å². The molecule has 0 aromatic heterocycles. The summed E-state index contributed by atoms with van der Waals surface area (Å²) in [6.45, 7) is 2.04. The largest absolute Gasteiger partial charge is 0.316 e. The zero-order chi connectivity index (χ0) is 12.4. The van der Waals surface area contributed by atoms with Crippen molar-refractivity contribution < 1.29 is 8.78 Å². The first-order chi connectivity index (χ1) is 8.11. The highest BCUT2D eigenvalue weighted by Crippen LogP contribution is 2.24. The van der Waals surface area contributed by atoms with Gasteiger partial charge in [0.25, 0.3) is 0 Å². The molecule has 1 fully saturated rings. The van der Waals surface area contributed by atoms with Crippen LogP contribution in [0.4, 0.5) is 8.78 Å². The number of likely N-dealkylation sites (N-methyl/N-ethyl adjacent to an activating group) is 1. The third kappa shape index (κ3) is 3.41. The van der Waals surface area contributed by atoms with Crippen molar-refractivity contribution in [3.8, 4) is 0 Å². The van der Waals surface area contributed by atoms with E-state index in [2.05, 4.69) is 26.1 Å². The second kappa shape index (κ2) is 6.80.